The third kappa shape index (κ3) is 3.86. The minimum Gasteiger partial charge on any atom is -0.395 e. The van der Waals surface area contributed by atoms with Crippen molar-refractivity contribution in [2.75, 3.05) is 36.9 Å². The highest BCUT2D eigenvalue weighted by molar-refractivity contribution is 5.62. The van der Waals surface area contributed by atoms with Gasteiger partial charge >= 0.3 is 0 Å². The first kappa shape index (κ1) is 14.7. The van der Waals surface area contributed by atoms with Gasteiger partial charge in [-0.3, -0.25) is 0 Å². The van der Waals surface area contributed by atoms with Gasteiger partial charge in [0.2, 0.25) is 0 Å². The number of aliphatic hydroxyl groups is 1. The highest BCUT2D eigenvalue weighted by atomic mass is 16.3. The van der Waals surface area contributed by atoms with Crippen LogP contribution in [0.1, 0.15) is 13.8 Å². The summed E-state index contributed by atoms with van der Waals surface area (Å²) in [7, 11) is 0. The minimum absolute atomic E-state index is 0.0383. The third-order valence-corrected chi connectivity index (χ3v) is 2.46. The van der Waals surface area contributed by atoms with E-state index in [1.807, 2.05) is 18.7 Å². The molecule has 1 aromatic heterocycles. The van der Waals surface area contributed by atoms with E-state index < -0.39 is 0 Å². The number of nitrogen functional groups attached to an aromatic ring is 1. The first-order valence-electron chi connectivity index (χ1n) is 6.05. The summed E-state index contributed by atoms with van der Waals surface area (Å²) in [6, 6.07) is 0. The van der Waals surface area contributed by atoms with Crippen LogP contribution in [0.5, 0.6) is 0 Å². The second-order valence-corrected chi connectivity index (χ2v) is 5.07. The zero-order valence-electron chi connectivity index (χ0n) is 11.1. The van der Waals surface area contributed by atoms with Crippen molar-refractivity contribution in [3.63, 3.8) is 0 Å². The lowest BCUT2D eigenvalue weighted by molar-refractivity contribution is 0.300. The van der Waals surface area contributed by atoms with Crippen LogP contribution in [-0.4, -0.2) is 46.7 Å². The Kier molecular flexibility index (Phi) is 4.94. The number of hydrogen-bond donors (Lipinski definition) is 4. The molecule has 18 heavy (non-hydrogen) atoms. The summed E-state index contributed by atoms with van der Waals surface area (Å²) in [6.45, 7) is 6.00. The van der Waals surface area contributed by atoms with Crippen molar-refractivity contribution in [3.8, 4) is 0 Å². The van der Waals surface area contributed by atoms with E-state index in [0.717, 1.165) is 5.82 Å². The van der Waals surface area contributed by atoms with Gasteiger partial charge in [-0.1, -0.05) is 0 Å². The first-order chi connectivity index (χ1) is 8.39. The van der Waals surface area contributed by atoms with Crippen LogP contribution in [-0.2, 0) is 6.54 Å². The van der Waals surface area contributed by atoms with E-state index in [1.54, 1.807) is 10.9 Å². The Hall–Kier alpha value is -1.31. The summed E-state index contributed by atoms with van der Waals surface area (Å²) in [5.41, 5.74) is 17.7. The van der Waals surface area contributed by atoms with Crippen LogP contribution in [0.2, 0.25) is 0 Å². The molecule has 0 saturated heterocycles. The minimum atomic E-state index is -0.388. The number of hydrogen-bond acceptors (Lipinski definition) is 6. The standard InChI is InChI=1S/C11H24N6O/c1-11(2,14)8-17-10(9(13)7-15-17)16(4-3-12)5-6-18/h7,18H,3-6,8,12-14H2,1-2H3. The zero-order chi connectivity index (χ0) is 13.8. The largest absolute Gasteiger partial charge is 0.395 e. The van der Waals surface area contributed by atoms with E-state index in [4.69, 9.17) is 22.3 Å². The van der Waals surface area contributed by atoms with Gasteiger partial charge in [-0.2, -0.15) is 5.10 Å². The molecule has 0 saturated carbocycles. The Morgan fingerprint density at radius 1 is 1.44 bits per heavy atom. The van der Waals surface area contributed by atoms with Crippen LogP contribution in [0.15, 0.2) is 6.20 Å². The third-order valence-electron chi connectivity index (χ3n) is 2.46. The number of anilines is 2. The van der Waals surface area contributed by atoms with E-state index >= 15 is 0 Å². The van der Waals surface area contributed by atoms with Gasteiger partial charge in [0.15, 0.2) is 5.82 Å². The SMILES string of the molecule is CC(C)(N)Cn1ncc(N)c1N(CCN)CCO. The lowest BCUT2D eigenvalue weighted by Gasteiger charge is -2.27. The molecule has 7 N–H and O–H groups in total. The monoisotopic (exact) mass is 256 g/mol. The summed E-state index contributed by atoms with van der Waals surface area (Å²) in [4.78, 5) is 1.92. The second kappa shape index (κ2) is 6.03. The fourth-order valence-electron chi connectivity index (χ4n) is 1.84. The number of rotatable bonds is 7. The first-order valence-corrected chi connectivity index (χ1v) is 6.05. The van der Waals surface area contributed by atoms with Crippen LogP contribution in [0, 0.1) is 0 Å². The fourth-order valence-corrected chi connectivity index (χ4v) is 1.84. The molecule has 7 nitrogen and oxygen atoms in total. The molecule has 0 aromatic carbocycles. The molecule has 0 spiro atoms. The van der Waals surface area contributed by atoms with Crippen molar-refractivity contribution in [3.05, 3.63) is 6.20 Å². The highest BCUT2D eigenvalue weighted by Crippen LogP contribution is 2.23. The molecule has 0 aliphatic rings. The molecule has 1 rings (SSSR count). The quantitative estimate of drug-likeness (QED) is 0.495. The van der Waals surface area contributed by atoms with Crippen molar-refractivity contribution in [1.29, 1.82) is 0 Å². The topological polar surface area (TPSA) is 119 Å². The van der Waals surface area contributed by atoms with E-state index in [0.29, 0.717) is 31.9 Å². The summed E-state index contributed by atoms with van der Waals surface area (Å²) in [5, 5.41) is 13.3. The summed E-state index contributed by atoms with van der Waals surface area (Å²) >= 11 is 0. The van der Waals surface area contributed by atoms with Crippen molar-refractivity contribution >= 4 is 11.5 Å². The zero-order valence-corrected chi connectivity index (χ0v) is 11.1. The molecule has 0 amide bonds. The van der Waals surface area contributed by atoms with Gasteiger partial charge in [0, 0.05) is 25.2 Å². The lowest BCUT2D eigenvalue weighted by Crippen LogP contribution is -2.40. The maximum absolute atomic E-state index is 9.10. The van der Waals surface area contributed by atoms with Gasteiger partial charge in [-0.05, 0) is 13.8 Å². The molecular formula is C11H24N6O. The maximum atomic E-state index is 9.10. The Morgan fingerprint density at radius 2 is 2.11 bits per heavy atom. The number of aromatic nitrogens is 2. The van der Waals surface area contributed by atoms with E-state index in [9.17, 15) is 0 Å². The van der Waals surface area contributed by atoms with Gasteiger partial charge in [0.25, 0.3) is 0 Å². The number of aliphatic hydroxyl groups excluding tert-OH is 1. The van der Waals surface area contributed by atoms with Gasteiger partial charge < -0.3 is 27.2 Å². The maximum Gasteiger partial charge on any atom is 0.150 e. The van der Waals surface area contributed by atoms with E-state index in [1.165, 1.54) is 0 Å². The molecule has 7 heteroatoms. The summed E-state index contributed by atoms with van der Waals surface area (Å²) in [5.74, 6) is 0.771. The van der Waals surface area contributed by atoms with Gasteiger partial charge in [0.1, 0.15) is 0 Å². The molecule has 0 aliphatic carbocycles. The van der Waals surface area contributed by atoms with Gasteiger partial charge in [-0.25, -0.2) is 4.68 Å². The highest BCUT2D eigenvalue weighted by Gasteiger charge is 2.20. The van der Waals surface area contributed by atoms with Crippen LogP contribution in [0.25, 0.3) is 0 Å². The van der Waals surface area contributed by atoms with Crippen molar-refractivity contribution in [1.82, 2.24) is 9.78 Å². The molecule has 0 fully saturated rings. The second-order valence-electron chi connectivity index (χ2n) is 5.07. The molecule has 0 radical (unpaired) electrons. The number of nitrogens with zero attached hydrogens (tertiary/aromatic N) is 3. The van der Waals surface area contributed by atoms with Gasteiger partial charge in [0.05, 0.1) is 25.0 Å². The van der Waals surface area contributed by atoms with Crippen LogP contribution in [0.4, 0.5) is 11.5 Å². The molecule has 0 unspecified atom stereocenters. The molecule has 0 bridgehead atoms. The smallest absolute Gasteiger partial charge is 0.150 e. The Morgan fingerprint density at radius 3 is 2.61 bits per heavy atom. The average Bonchev–Trinajstić information content (AvgIpc) is 2.57. The van der Waals surface area contributed by atoms with Crippen molar-refractivity contribution < 1.29 is 5.11 Å². The normalized spacial score (nSPS) is 11.8. The number of nitrogens with two attached hydrogens (primary N) is 3. The molecular weight excluding hydrogens is 232 g/mol. The van der Waals surface area contributed by atoms with Crippen molar-refractivity contribution in [2.45, 2.75) is 25.9 Å². The predicted octanol–water partition coefficient (Wildman–Crippen LogP) is -1.04. The molecule has 0 aliphatic heterocycles. The summed E-state index contributed by atoms with van der Waals surface area (Å²) in [6.07, 6.45) is 1.60. The Balaban J connectivity index is 3.00. The van der Waals surface area contributed by atoms with Gasteiger partial charge in [-0.15, -0.1) is 0 Å². The average molecular weight is 256 g/mol. The summed E-state index contributed by atoms with van der Waals surface area (Å²) < 4.78 is 1.76. The lowest BCUT2D eigenvalue weighted by atomic mass is 10.1. The molecule has 1 aromatic rings. The molecule has 1 heterocycles. The predicted molar refractivity (Wildman–Crippen MR) is 73.3 cm³/mol. The molecule has 0 atom stereocenters. The van der Waals surface area contributed by atoms with E-state index in [-0.39, 0.29) is 12.1 Å². The van der Waals surface area contributed by atoms with E-state index in [2.05, 4.69) is 5.10 Å². The van der Waals surface area contributed by atoms with Crippen molar-refractivity contribution in [2.24, 2.45) is 11.5 Å². The molecule has 104 valence electrons. The van der Waals surface area contributed by atoms with Crippen LogP contribution >= 0.6 is 0 Å². The van der Waals surface area contributed by atoms with Crippen LogP contribution < -0.4 is 22.1 Å². The fraction of sp³-hybridized carbons (Fsp3) is 0.727. The van der Waals surface area contributed by atoms with Crippen LogP contribution in [0.3, 0.4) is 0 Å². The Bertz CT molecular complexity index is 364. The Labute approximate surface area is 108 Å².